The number of benzene rings is 2. The number of hydrogen-bond donors (Lipinski definition) is 1. The van der Waals surface area contributed by atoms with Gasteiger partial charge in [0.05, 0.1) is 6.54 Å². The highest BCUT2D eigenvalue weighted by Crippen LogP contribution is 2.08. The first-order valence-electron chi connectivity index (χ1n) is 7.12. The summed E-state index contributed by atoms with van der Waals surface area (Å²) in [5.74, 6) is -0.351. The first-order chi connectivity index (χ1) is 11.1. The van der Waals surface area contributed by atoms with Crippen LogP contribution < -0.4 is 5.32 Å². The van der Waals surface area contributed by atoms with Crippen LogP contribution in [0.15, 0.2) is 54.9 Å². The zero-order valence-electron chi connectivity index (χ0n) is 12.5. The van der Waals surface area contributed by atoms with Crippen molar-refractivity contribution in [1.82, 2.24) is 14.8 Å². The van der Waals surface area contributed by atoms with E-state index < -0.39 is 0 Å². The van der Waals surface area contributed by atoms with Gasteiger partial charge in [-0.2, -0.15) is 0 Å². The molecule has 0 saturated heterocycles. The number of aryl methyl sites for hydroxylation is 1. The molecular weight excluding hydrogens is 295 g/mol. The van der Waals surface area contributed by atoms with Crippen molar-refractivity contribution in [3.05, 3.63) is 77.4 Å². The summed E-state index contributed by atoms with van der Waals surface area (Å²) < 4.78 is 14.7. The van der Waals surface area contributed by atoms with Gasteiger partial charge in [-0.1, -0.05) is 29.8 Å². The van der Waals surface area contributed by atoms with E-state index in [2.05, 4.69) is 15.4 Å². The van der Waals surface area contributed by atoms with Gasteiger partial charge in [-0.3, -0.25) is 10.1 Å². The van der Waals surface area contributed by atoms with Crippen LogP contribution in [0.5, 0.6) is 0 Å². The molecule has 3 rings (SSSR count). The molecule has 0 atom stereocenters. The van der Waals surface area contributed by atoms with Gasteiger partial charge in [0.25, 0.3) is 5.91 Å². The number of carbonyl (C=O) groups excluding carboxylic acids is 1. The molecule has 1 heterocycles. The molecule has 1 amide bonds. The molecule has 5 nitrogen and oxygen atoms in total. The first-order valence-corrected chi connectivity index (χ1v) is 7.12. The Labute approximate surface area is 132 Å². The van der Waals surface area contributed by atoms with Crippen molar-refractivity contribution >= 4 is 11.9 Å². The van der Waals surface area contributed by atoms with Gasteiger partial charge in [0.2, 0.25) is 5.95 Å². The SMILES string of the molecule is Cc1ccc(C(=O)Nc2ncn(Cc3cccc(F)c3)n2)cc1. The number of hydrogen-bond acceptors (Lipinski definition) is 3. The molecule has 23 heavy (non-hydrogen) atoms. The number of halogens is 1. The van der Waals surface area contributed by atoms with Crippen molar-refractivity contribution in [2.24, 2.45) is 0 Å². The van der Waals surface area contributed by atoms with Gasteiger partial charge in [0.15, 0.2) is 0 Å². The highest BCUT2D eigenvalue weighted by Gasteiger charge is 2.09. The number of anilines is 1. The summed E-state index contributed by atoms with van der Waals surface area (Å²) in [6.07, 6.45) is 1.50. The maximum absolute atomic E-state index is 13.2. The second-order valence-electron chi connectivity index (χ2n) is 5.22. The zero-order valence-corrected chi connectivity index (χ0v) is 12.5. The predicted octanol–water partition coefficient (Wildman–Crippen LogP) is 3.03. The van der Waals surface area contributed by atoms with Crippen molar-refractivity contribution in [3.8, 4) is 0 Å². The van der Waals surface area contributed by atoms with Gasteiger partial charge >= 0.3 is 0 Å². The van der Waals surface area contributed by atoms with E-state index in [0.29, 0.717) is 12.1 Å². The summed E-state index contributed by atoms with van der Waals surface area (Å²) in [6, 6.07) is 13.5. The number of nitrogens with zero attached hydrogens (tertiary/aromatic N) is 3. The maximum atomic E-state index is 13.2. The third kappa shape index (κ3) is 3.79. The molecule has 0 spiro atoms. The second-order valence-corrected chi connectivity index (χ2v) is 5.22. The van der Waals surface area contributed by atoms with E-state index in [1.54, 1.807) is 28.9 Å². The average Bonchev–Trinajstić information content (AvgIpc) is 2.95. The Morgan fingerprint density at radius 2 is 2.00 bits per heavy atom. The number of rotatable bonds is 4. The van der Waals surface area contributed by atoms with E-state index >= 15 is 0 Å². The highest BCUT2D eigenvalue weighted by molar-refractivity contribution is 6.03. The van der Waals surface area contributed by atoms with Crippen LogP contribution in [0.4, 0.5) is 10.3 Å². The molecule has 116 valence electrons. The largest absolute Gasteiger partial charge is 0.289 e. The fraction of sp³-hybridized carbons (Fsp3) is 0.118. The van der Waals surface area contributed by atoms with E-state index in [1.165, 1.54) is 18.5 Å². The van der Waals surface area contributed by atoms with E-state index in [1.807, 2.05) is 19.1 Å². The molecular formula is C17H15FN4O. The molecule has 0 aliphatic rings. The third-order valence-corrected chi connectivity index (χ3v) is 3.31. The summed E-state index contributed by atoms with van der Waals surface area (Å²) in [5, 5.41) is 6.81. The fourth-order valence-electron chi connectivity index (χ4n) is 2.13. The van der Waals surface area contributed by atoms with Crippen molar-refractivity contribution in [2.45, 2.75) is 13.5 Å². The van der Waals surface area contributed by atoms with Crippen LogP contribution in [0.1, 0.15) is 21.5 Å². The van der Waals surface area contributed by atoms with Gasteiger partial charge in [-0.05, 0) is 36.8 Å². The minimum Gasteiger partial charge on any atom is -0.289 e. The van der Waals surface area contributed by atoms with Gasteiger partial charge in [-0.15, -0.1) is 5.10 Å². The summed E-state index contributed by atoms with van der Waals surface area (Å²) in [7, 11) is 0. The van der Waals surface area contributed by atoms with Gasteiger partial charge in [0, 0.05) is 5.56 Å². The summed E-state index contributed by atoms with van der Waals surface area (Å²) in [6.45, 7) is 2.34. The molecule has 0 unspecified atom stereocenters. The van der Waals surface area contributed by atoms with E-state index in [9.17, 15) is 9.18 Å². The molecule has 2 aromatic carbocycles. The predicted molar refractivity (Wildman–Crippen MR) is 84.7 cm³/mol. The number of aromatic nitrogens is 3. The third-order valence-electron chi connectivity index (χ3n) is 3.31. The summed E-state index contributed by atoms with van der Waals surface area (Å²) >= 11 is 0. The molecule has 6 heteroatoms. The number of amides is 1. The van der Waals surface area contributed by atoms with Crippen molar-refractivity contribution < 1.29 is 9.18 Å². The number of nitrogens with one attached hydrogen (secondary N) is 1. The molecule has 0 fully saturated rings. The fourth-order valence-corrected chi connectivity index (χ4v) is 2.13. The van der Waals surface area contributed by atoms with E-state index in [0.717, 1.165) is 11.1 Å². The normalized spacial score (nSPS) is 10.5. The molecule has 1 N–H and O–H groups in total. The van der Waals surface area contributed by atoms with Crippen LogP contribution in [0.25, 0.3) is 0 Å². The average molecular weight is 310 g/mol. The monoisotopic (exact) mass is 310 g/mol. The van der Waals surface area contributed by atoms with Gasteiger partial charge in [-0.25, -0.2) is 14.1 Å². The second kappa shape index (κ2) is 6.39. The molecule has 0 bridgehead atoms. The minimum absolute atomic E-state index is 0.215. The van der Waals surface area contributed by atoms with Crippen LogP contribution in [0.3, 0.4) is 0 Å². The lowest BCUT2D eigenvalue weighted by atomic mass is 10.1. The highest BCUT2D eigenvalue weighted by atomic mass is 19.1. The zero-order chi connectivity index (χ0) is 16.2. The Kier molecular flexibility index (Phi) is 4.14. The van der Waals surface area contributed by atoms with Crippen LogP contribution in [0.2, 0.25) is 0 Å². The maximum Gasteiger partial charge on any atom is 0.258 e. The molecule has 0 radical (unpaired) electrons. The standard InChI is InChI=1S/C17H15FN4O/c1-12-5-7-14(8-6-12)16(23)20-17-19-11-22(21-17)10-13-3-2-4-15(18)9-13/h2-9,11H,10H2,1H3,(H,20,21,23). The minimum atomic E-state index is -0.296. The molecule has 0 aliphatic heterocycles. The molecule has 0 saturated carbocycles. The molecule has 1 aromatic heterocycles. The van der Waals surface area contributed by atoms with Crippen LogP contribution in [0, 0.1) is 12.7 Å². The first kappa shape index (κ1) is 14.9. The van der Waals surface area contributed by atoms with Crippen molar-refractivity contribution in [2.75, 3.05) is 5.32 Å². The lowest BCUT2D eigenvalue weighted by Gasteiger charge is -2.02. The smallest absolute Gasteiger partial charge is 0.258 e. The lowest BCUT2D eigenvalue weighted by molar-refractivity contribution is 0.102. The number of carbonyl (C=O) groups is 1. The Morgan fingerprint density at radius 1 is 1.22 bits per heavy atom. The molecule has 3 aromatic rings. The van der Waals surface area contributed by atoms with Crippen LogP contribution in [-0.2, 0) is 6.54 Å². The quantitative estimate of drug-likeness (QED) is 0.806. The van der Waals surface area contributed by atoms with Crippen molar-refractivity contribution in [3.63, 3.8) is 0 Å². The molecule has 0 aliphatic carbocycles. The summed E-state index contributed by atoms with van der Waals surface area (Å²) in [5.41, 5.74) is 2.39. The van der Waals surface area contributed by atoms with Crippen LogP contribution in [-0.4, -0.2) is 20.7 Å². The van der Waals surface area contributed by atoms with Crippen molar-refractivity contribution in [1.29, 1.82) is 0 Å². The van der Waals surface area contributed by atoms with E-state index in [-0.39, 0.29) is 17.7 Å². The topological polar surface area (TPSA) is 59.8 Å². The Bertz CT molecular complexity index is 827. The lowest BCUT2D eigenvalue weighted by Crippen LogP contribution is -2.13. The summed E-state index contributed by atoms with van der Waals surface area (Å²) in [4.78, 5) is 16.1. The van der Waals surface area contributed by atoms with Gasteiger partial charge in [0.1, 0.15) is 12.1 Å². The van der Waals surface area contributed by atoms with E-state index in [4.69, 9.17) is 0 Å². The van der Waals surface area contributed by atoms with Gasteiger partial charge < -0.3 is 0 Å². The Morgan fingerprint density at radius 3 is 2.74 bits per heavy atom. The van der Waals surface area contributed by atoms with Crippen LogP contribution >= 0.6 is 0 Å². The Hall–Kier alpha value is -3.02. The Balaban J connectivity index is 1.67.